The van der Waals surface area contributed by atoms with Crippen molar-refractivity contribution in [2.45, 2.75) is 32.7 Å². The number of aromatic nitrogens is 1. The topological polar surface area (TPSA) is 66.5 Å². The molecule has 6 heteroatoms. The highest BCUT2D eigenvalue weighted by atomic mass is 16.5. The molecule has 0 bridgehead atoms. The molecule has 0 radical (unpaired) electrons. The van der Waals surface area contributed by atoms with Crippen molar-refractivity contribution in [3.63, 3.8) is 0 Å². The van der Waals surface area contributed by atoms with Crippen LogP contribution in [0.25, 0.3) is 0 Å². The van der Waals surface area contributed by atoms with Gasteiger partial charge >= 0.3 is 0 Å². The number of carbonyl (C=O) groups excluding carboxylic acids is 1. The van der Waals surface area contributed by atoms with E-state index in [4.69, 9.17) is 4.74 Å². The fraction of sp³-hybridized carbons (Fsp3) is 0.333. The van der Waals surface area contributed by atoms with Gasteiger partial charge in [-0.15, -0.1) is 0 Å². The first kappa shape index (κ1) is 24.3. The number of hydrogen-bond acceptors (Lipinski definition) is 5. The Balaban J connectivity index is 1.82. The molecule has 2 N–H and O–H groups in total. The summed E-state index contributed by atoms with van der Waals surface area (Å²) >= 11 is 0. The Morgan fingerprint density at radius 1 is 1.03 bits per heavy atom. The Morgan fingerprint density at radius 2 is 1.79 bits per heavy atom. The van der Waals surface area contributed by atoms with E-state index in [1.807, 2.05) is 56.6 Å². The molecule has 3 rings (SSSR count). The number of amides is 1. The van der Waals surface area contributed by atoms with Crippen molar-refractivity contribution in [2.24, 2.45) is 0 Å². The standard InChI is InChI=1S/C27H34N4O2/c1-27(2,3)21-13-14-24(33-17-16-31(4)5)23(18-21)30-26(32)22-12-9-15-28-25(22)29-19-20-10-7-6-8-11-20/h6-15,18H,16-17,19H2,1-5H3,(H,28,29)(H,30,32). The van der Waals surface area contributed by atoms with Gasteiger partial charge < -0.3 is 20.3 Å². The first-order valence-electron chi connectivity index (χ1n) is 11.2. The van der Waals surface area contributed by atoms with E-state index in [-0.39, 0.29) is 11.3 Å². The molecule has 0 unspecified atom stereocenters. The molecule has 0 atom stereocenters. The molecule has 33 heavy (non-hydrogen) atoms. The molecule has 0 saturated heterocycles. The maximum Gasteiger partial charge on any atom is 0.259 e. The van der Waals surface area contributed by atoms with Crippen molar-refractivity contribution in [3.05, 3.63) is 83.6 Å². The third kappa shape index (κ3) is 7.05. The zero-order valence-electron chi connectivity index (χ0n) is 20.2. The lowest BCUT2D eigenvalue weighted by Gasteiger charge is -2.22. The molecule has 0 aliphatic heterocycles. The van der Waals surface area contributed by atoms with E-state index >= 15 is 0 Å². The fourth-order valence-corrected chi connectivity index (χ4v) is 3.26. The minimum atomic E-state index is -0.234. The molecule has 1 aromatic heterocycles. The van der Waals surface area contributed by atoms with Crippen LogP contribution in [-0.2, 0) is 12.0 Å². The second-order valence-corrected chi connectivity index (χ2v) is 9.31. The van der Waals surface area contributed by atoms with Crippen LogP contribution >= 0.6 is 0 Å². The second-order valence-electron chi connectivity index (χ2n) is 9.31. The van der Waals surface area contributed by atoms with E-state index in [0.29, 0.717) is 36.0 Å². The van der Waals surface area contributed by atoms with E-state index < -0.39 is 0 Å². The summed E-state index contributed by atoms with van der Waals surface area (Å²) in [4.78, 5) is 19.7. The van der Waals surface area contributed by atoms with Crippen molar-refractivity contribution in [1.29, 1.82) is 0 Å². The van der Waals surface area contributed by atoms with Gasteiger partial charge in [0.05, 0.1) is 11.3 Å². The molecule has 0 fully saturated rings. The van der Waals surface area contributed by atoms with Gasteiger partial charge in [0.15, 0.2) is 0 Å². The van der Waals surface area contributed by atoms with E-state index in [1.54, 1.807) is 18.3 Å². The highest BCUT2D eigenvalue weighted by Gasteiger charge is 2.19. The number of nitrogens with zero attached hydrogens (tertiary/aromatic N) is 2. The largest absolute Gasteiger partial charge is 0.490 e. The molecule has 0 saturated carbocycles. The highest BCUT2D eigenvalue weighted by Crippen LogP contribution is 2.32. The first-order valence-corrected chi connectivity index (χ1v) is 11.2. The van der Waals surface area contributed by atoms with Crippen molar-refractivity contribution in [2.75, 3.05) is 37.9 Å². The number of nitrogens with one attached hydrogen (secondary N) is 2. The van der Waals surface area contributed by atoms with Crippen LogP contribution in [0.4, 0.5) is 11.5 Å². The minimum absolute atomic E-state index is 0.0572. The van der Waals surface area contributed by atoms with Crippen LogP contribution in [0.3, 0.4) is 0 Å². The molecule has 6 nitrogen and oxygen atoms in total. The predicted octanol–water partition coefficient (Wildman–Crippen LogP) is 5.18. The molecule has 1 amide bonds. The normalized spacial score (nSPS) is 11.3. The van der Waals surface area contributed by atoms with Crippen molar-refractivity contribution in [3.8, 4) is 5.75 Å². The van der Waals surface area contributed by atoms with Crippen molar-refractivity contribution >= 4 is 17.4 Å². The van der Waals surface area contributed by atoms with Gasteiger partial charge in [-0.25, -0.2) is 4.98 Å². The number of hydrogen-bond donors (Lipinski definition) is 2. The van der Waals surface area contributed by atoms with E-state index in [2.05, 4.69) is 47.4 Å². The predicted molar refractivity (Wildman–Crippen MR) is 135 cm³/mol. The molecular weight excluding hydrogens is 412 g/mol. The Kier molecular flexibility index (Phi) is 8.06. The molecule has 0 aliphatic rings. The number of benzene rings is 2. The van der Waals surface area contributed by atoms with Crippen LogP contribution < -0.4 is 15.4 Å². The number of carbonyl (C=O) groups is 1. The van der Waals surface area contributed by atoms with Gasteiger partial charge in [0.2, 0.25) is 0 Å². The summed E-state index contributed by atoms with van der Waals surface area (Å²) in [6.45, 7) is 8.33. The average molecular weight is 447 g/mol. The maximum atomic E-state index is 13.3. The number of rotatable bonds is 9. The molecule has 1 heterocycles. The third-order valence-electron chi connectivity index (χ3n) is 5.24. The van der Waals surface area contributed by atoms with Crippen molar-refractivity contribution < 1.29 is 9.53 Å². The molecule has 0 aliphatic carbocycles. The van der Waals surface area contributed by atoms with Crippen LogP contribution in [0.2, 0.25) is 0 Å². The summed E-state index contributed by atoms with van der Waals surface area (Å²) in [5.41, 5.74) is 3.31. The van der Waals surface area contributed by atoms with Gasteiger partial charge in [0.25, 0.3) is 5.91 Å². The lowest BCUT2D eigenvalue weighted by molar-refractivity contribution is 0.102. The number of likely N-dealkylation sites (N-methyl/N-ethyl adjacent to an activating group) is 1. The van der Waals surface area contributed by atoms with E-state index in [9.17, 15) is 4.79 Å². The molecule has 174 valence electrons. The maximum absolute atomic E-state index is 13.3. The van der Waals surface area contributed by atoms with Gasteiger partial charge in [-0.3, -0.25) is 4.79 Å². The van der Waals surface area contributed by atoms with Gasteiger partial charge in [-0.05, 0) is 54.9 Å². The van der Waals surface area contributed by atoms with Gasteiger partial charge in [-0.2, -0.15) is 0 Å². The van der Waals surface area contributed by atoms with Crippen LogP contribution in [-0.4, -0.2) is 43.0 Å². The Bertz CT molecular complexity index is 1060. The van der Waals surface area contributed by atoms with Crippen LogP contribution in [0.5, 0.6) is 5.75 Å². The first-order chi connectivity index (χ1) is 15.7. The van der Waals surface area contributed by atoms with Gasteiger partial charge in [-0.1, -0.05) is 57.2 Å². The Hall–Kier alpha value is -3.38. The van der Waals surface area contributed by atoms with Crippen LogP contribution in [0.1, 0.15) is 42.3 Å². The number of anilines is 2. The zero-order chi connectivity index (χ0) is 23.8. The van der Waals surface area contributed by atoms with Gasteiger partial charge in [0.1, 0.15) is 18.2 Å². The summed E-state index contributed by atoms with van der Waals surface area (Å²) in [5.74, 6) is 0.962. The zero-order valence-corrected chi connectivity index (χ0v) is 20.2. The SMILES string of the molecule is CN(C)CCOc1ccc(C(C)(C)C)cc1NC(=O)c1cccnc1NCc1ccccc1. The van der Waals surface area contributed by atoms with Crippen LogP contribution in [0.15, 0.2) is 66.9 Å². The van der Waals surface area contributed by atoms with Gasteiger partial charge in [0, 0.05) is 19.3 Å². The number of ether oxygens (including phenoxy) is 1. The summed E-state index contributed by atoms with van der Waals surface area (Å²) in [5, 5.41) is 6.34. The third-order valence-corrected chi connectivity index (χ3v) is 5.24. The van der Waals surface area contributed by atoms with Crippen molar-refractivity contribution in [1.82, 2.24) is 9.88 Å². The Morgan fingerprint density at radius 3 is 2.48 bits per heavy atom. The second kappa shape index (κ2) is 11.0. The van der Waals surface area contributed by atoms with E-state index in [1.165, 1.54) is 0 Å². The fourth-order valence-electron chi connectivity index (χ4n) is 3.26. The molecule has 3 aromatic rings. The highest BCUT2D eigenvalue weighted by molar-refractivity contribution is 6.08. The molecule has 0 spiro atoms. The van der Waals surface area contributed by atoms with E-state index in [0.717, 1.165) is 17.7 Å². The lowest BCUT2D eigenvalue weighted by atomic mass is 9.87. The lowest BCUT2D eigenvalue weighted by Crippen LogP contribution is -2.21. The average Bonchev–Trinajstić information content (AvgIpc) is 2.78. The van der Waals surface area contributed by atoms with Crippen LogP contribution in [0, 0.1) is 0 Å². The summed E-state index contributed by atoms with van der Waals surface area (Å²) in [7, 11) is 4.00. The smallest absolute Gasteiger partial charge is 0.259 e. The molecule has 2 aromatic carbocycles. The molecular formula is C27H34N4O2. The summed E-state index contributed by atoms with van der Waals surface area (Å²) in [6, 6.07) is 19.5. The monoisotopic (exact) mass is 446 g/mol. The number of pyridine rings is 1. The quantitative estimate of drug-likeness (QED) is 0.474. The summed E-state index contributed by atoms with van der Waals surface area (Å²) < 4.78 is 6.00. The summed E-state index contributed by atoms with van der Waals surface area (Å²) in [6.07, 6.45) is 1.68. The minimum Gasteiger partial charge on any atom is -0.490 e. The Labute approximate surface area is 197 Å².